The van der Waals surface area contributed by atoms with Gasteiger partial charge in [-0.2, -0.15) is 0 Å². The van der Waals surface area contributed by atoms with Gasteiger partial charge in [-0.1, -0.05) is 47.5 Å². The van der Waals surface area contributed by atoms with Crippen molar-refractivity contribution < 1.29 is 14.6 Å². The van der Waals surface area contributed by atoms with E-state index in [1.165, 1.54) is 13.2 Å². The largest absolute Gasteiger partial charge is 0.496 e. The predicted octanol–water partition coefficient (Wildman–Crippen LogP) is 4.63. The van der Waals surface area contributed by atoms with Gasteiger partial charge >= 0.3 is 5.97 Å². The van der Waals surface area contributed by atoms with Crippen LogP contribution in [0.1, 0.15) is 11.1 Å². The first-order valence-corrected chi connectivity index (χ1v) is 6.82. The van der Waals surface area contributed by atoms with E-state index >= 15 is 0 Å². The molecule has 1 N–H and O–H groups in total. The number of aliphatic carboxylic acids is 1. The fraction of sp³-hybridized carbons (Fsp3) is 0.0625. The summed E-state index contributed by atoms with van der Waals surface area (Å²) in [6.45, 7) is 0. The first-order chi connectivity index (χ1) is 10.0. The van der Waals surface area contributed by atoms with Crippen molar-refractivity contribution >= 4 is 40.8 Å². The average Bonchev–Trinajstić information content (AvgIpc) is 2.46. The van der Waals surface area contributed by atoms with Crippen molar-refractivity contribution in [3.8, 4) is 5.75 Å². The molecule has 0 aliphatic carbocycles. The molecule has 0 radical (unpaired) electrons. The first kappa shape index (κ1) is 15.4. The van der Waals surface area contributed by atoms with Gasteiger partial charge in [-0.05, 0) is 29.8 Å². The van der Waals surface area contributed by atoms with Gasteiger partial charge in [0.15, 0.2) is 0 Å². The van der Waals surface area contributed by atoms with Crippen molar-refractivity contribution in [1.82, 2.24) is 0 Å². The smallest absolute Gasteiger partial charge is 0.336 e. The maximum Gasteiger partial charge on any atom is 0.336 e. The molecule has 3 nitrogen and oxygen atoms in total. The number of rotatable bonds is 4. The summed E-state index contributed by atoms with van der Waals surface area (Å²) < 4.78 is 5.21. The molecule has 0 saturated heterocycles. The number of carboxylic acid groups (broad SMARTS) is 1. The molecule has 0 saturated carbocycles. The van der Waals surface area contributed by atoms with E-state index in [4.69, 9.17) is 27.9 Å². The minimum atomic E-state index is -1.06. The summed E-state index contributed by atoms with van der Waals surface area (Å²) in [4.78, 5) is 11.6. The maximum absolute atomic E-state index is 11.6. The van der Waals surface area contributed by atoms with E-state index in [9.17, 15) is 9.90 Å². The van der Waals surface area contributed by atoms with Crippen LogP contribution in [-0.4, -0.2) is 18.2 Å². The zero-order chi connectivity index (χ0) is 15.4. The van der Waals surface area contributed by atoms with Gasteiger partial charge in [-0.15, -0.1) is 0 Å². The highest BCUT2D eigenvalue weighted by molar-refractivity contribution is 6.36. The number of para-hydroxylation sites is 1. The molecule has 0 spiro atoms. The normalized spacial score (nSPS) is 11.3. The quantitative estimate of drug-likeness (QED) is 0.659. The lowest BCUT2D eigenvalue weighted by atomic mass is 10.0. The minimum Gasteiger partial charge on any atom is -0.496 e. The highest BCUT2D eigenvalue weighted by Gasteiger charge is 2.15. The zero-order valence-corrected chi connectivity index (χ0v) is 12.7. The van der Waals surface area contributed by atoms with E-state index in [0.29, 0.717) is 26.9 Å². The predicted molar refractivity (Wildman–Crippen MR) is 85.0 cm³/mol. The molecule has 0 aliphatic heterocycles. The van der Waals surface area contributed by atoms with Crippen molar-refractivity contribution in [2.75, 3.05) is 7.11 Å². The lowest BCUT2D eigenvalue weighted by molar-refractivity contribution is -0.130. The van der Waals surface area contributed by atoms with Crippen molar-refractivity contribution in [1.29, 1.82) is 0 Å². The van der Waals surface area contributed by atoms with Crippen LogP contribution >= 0.6 is 23.2 Å². The van der Waals surface area contributed by atoms with Crippen LogP contribution in [0, 0.1) is 0 Å². The van der Waals surface area contributed by atoms with Crippen LogP contribution in [0.4, 0.5) is 0 Å². The van der Waals surface area contributed by atoms with Crippen LogP contribution in [0.2, 0.25) is 10.0 Å². The van der Waals surface area contributed by atoms with Gasteiger partial charge in [0.2, 0.25) is 0 Å². The molecule has 0 heterocycles. The summed E-state index contributed by atoms with van der Waals surface area (Å²) in [5.74, 6) is -0.582. The van der Waals surface area contributed by atoms with Crippen molar-refractivity contribution in [3.63, 3.8) is 0 Å². The van der Waals surface area contributed by atoms with Gasteiger partial charge in [-0.25, -0.2) is 4.79 Å². The molecule has 2 aromatic rings. The number of ether oxygens (including phenoxy) is 1. The molecule has 21 heavy (non-hydrogen) atoms. The molecular weight excluding hydrogens is 311 g/mol. The molecule has 2 rings (SSSR count). The molecule has 0 atom stereocenters. The molecule has 2 aromatic carbocycles. The molecule has 0 bridgehead atoms. The number of hydrogen-bond acceptors (Lipinski definition) is 2. The summed E-state index contributed by atoms with van der Waals surface area (Å²) in [6, 6.07) is 11.8. The van der Waals surface area contributed by atoms with Crippen LogP contribution in [-0.2, 0) is 4.79 Å². The second-order valence-corrected chi connectivity index (χ2v) is 5.07. The summed E-state index contributed by atoms with van der Waals surface area (Å²) in [5.41, 5.74) is 1.15. The highest BCUT2D eigenvalue weighted by atomic mass is 35.5. The Hall–Kier alpha value is -1.97. The van der Waals surface area contributed by atoms with E-state index in [2.05, 4.69) is 0 Å². The maximum atomic E-state index is 11.6. The topological polar surface area (TPSA) is 46.5 Å². The number of hydrogen-bond donors (Lipinski definition) is 1. The van der Waals surface area contributed by atoms with Gasteiger partial charge in [0.1, 0.15) is 5.75 Å². The van der Waals surface area contributed by atoms with E-state index in [1.807, 2.05) is 0 Å². The Balaban J connectivity index is 2.58. The van der Waals surface area contributed by atoms with E-state index < -0.39 is 5.97 Å². The van der Waals surface area contributed by atoms with Crippen molar-refractivity contribution in [2.24, 2.45) is 0 Å². The van der Waals surface area contributed by atoms with Crippen LogP contribution in [0.25, 0.3) is 11.6 Å². The number of benzene rings is 2. The fourth-order valence-electron chi connectivity index (χ4n) is 1.90. The van der Waals surface area contributed by atoms with Crippen LogP contribution in [0.3, 0.4) is 0 Å². The standard InChI is InChI=1S/C16H12Cl2O3/c1-21-15-5-3-2-4-12(15)13(16(19)20)8-10-6-7-11(17)9-14(10)18/h2-9H,1H3,(H,19,20)/b13-8-. The molecule has 0 fully saturated rings. The second-order valence-electron chi connectivity index (χ2n) is 4.23. The van der Waals surface area contributed by atoms with Gasteiger partial charge in [0.25, 0.3) is 0 Å². The summed E-state index contributed by atoms with van der Waals surface area (Å²) in [7, 11) is 1.49. The molecule has 0 aromatic heterocycles. The molecule has 5 heteroatoms. The van der Waals surface area contributed by atoms with E-state index in [0.717, 1.165) is 0 Å². The van der Waals surface area contributed by atoms with Gasteiger partial charge in [0.05, 0.1) is 12.7 Å². The number of halogens is 2. The highest BCUT2D eigenvalue weighted by Crippen LogP contribution is 2.30. The zero-order valence-electron chi connectivity index (χ0n) is 11.1. The fourth-order valence-corrected chi connectivity index (χ4v) is 2.36. The van der Waals surface area contributed by atoms with Crippen LogP contribution in [0.15, 0.2) is 42.5 Å². The van der Waals surface area contributed by atoms with Gasteiger partial charge in [0, 0.05) is 15.6 Å². The van der Waals surface area contributed by atoms with Crippen molar-refractivity contribution in [2.45, 2.75) is 0 Å². The third-order valence-electron chi connectivity index (χ3n) is 2.89. The Morgan fingerprint density at radius 2 is 1.90 bits per heavy atom. The summed E-state index contributed by atoms with van der Waals surface area (Å²) in [6.07, 6.45) is 1.50. The minimum absolute atomic E-state index is 0.0941. The Morgan fingerprint density at radius 1 is 1.19 bits per heavy atom. The number of carboxylic acids is 1. The summed E-state index contributed by atoms with van der Waals surface area (Å²) in [5, 5.41) is 10.3. The molecule has 0 amide bonds. The Labute approximate surface area is 132 Å². The third-order valence-corrected chi connectivity index (χ3v) is 3.45. The van der Waals surface area contributed by atoms with Crippen molar-refractivity contribution in [3.05, 3.63) is 63.6 Å². The van der Waals surface area contributed by atoms with Crippen LogP contribution < -0.4 is 4.74 Å². The molecule has 0 unspecified atom stereocenters. The Morgan fingerprint density at radius 3 is 2.52 bits per heavy atom. The lowest BCUT2D eigenvalue weighted by Crippen LogP contribution is -2.02. The summed E-state index contributed by atoms with van der Waals surface area (Å²) >= 11 is 11.9. The van der Waals surface area contributed by atoms with E-state index in [1.54, 1.807) is 42.5 Å². The average molecular weight is 323 g/mol. The van der Waals surface area contributed by atoms with Gasteiger partial charge < -0.3 is 9.84 Å². The Bertz CT molecular complexity index is 708. The second kappa shape index (κ2) is 6.66. The number of methoxy groups -OCH3 is 1. The number of carbonyl (C=O) groups is 1. The Kier molecular flexibility index (Phi) is 4.89. The molecule has 0 aliphatic rings. The van der Waals surface area contributed by atoms with Gasteiger partial charge in [-0.3, -0.25) is 0 Å². The SMILES string of the molecule is COc1ccccc1/C(=C/c1ccc(Cl)cc1Cl)C(=O)O. The van der Waals surface area contributed by atoms with E-state index in [-0.39, 0.29) is 5.57 Å². The molecular formula is C16H12Cl2O3. The molecule has 108 valence electrons. The first-order valence-electron chi connectivity index (χ1n) is 6.06. The van der Waals surface area contributed by atoms with Crippen LogP contribution in [0.5, 0.6) is 5.75 Å². The third kappa shape index (κ3) is 3.57. The monoisotopic (exact) mass is 322 g/mol. The lowest BCUT2D eigenvalue weighted by Gasteiger charge is -2.09.